The molecule has 6 heteroatoms. The van der Waals surface area contributed by atoms with Crippen molar-refractivity contribution in [2.45, 2.75) is 31.7 Å². The average Bonchev–Trinajstić information content (AvgIpc) is 3.04. The fourth-order valence-corrected chi connectivity index (χ4v) is 5.23. The van der Waals surface area contributed by atoms with E-state index in [1.165, 1.54) is 12.1 Å². The van der Waals surface area contributed by atoms with Gasteiger partial charge in [0.05, 0.1) is 17.4 Å². The Labute approximate surface area is 130 Å². The standard InChI is InChI=1S/C16H20FNO3S/c17-14-4-1-3-12(9-14)10-15-5-2-7-18(15)16(19)13-6-8-22(20,21)11-13/h1,3-4,9,13,15H,2,5-8,10-11H2/t13-,15+/m0/s1. The van der Waals surface area contributed by atoms with Crippen molar-refractivity contribution in [2.24, 2.45) is 5.92 Å². The lowest BCUT2D eigenvalue weighted by Crippen LogP contribution is -2.41. The molecule has 0 bridgehead atoms. The van der Waals surface area contributed by atoms with Gasteiger partial charge in [0.25, 0.3) is 0 Å². The molecule has 0 saturated carbocycles. The SMILES string of the molecule is O=C([C@H]1CCS(=O)(=O)C1)N1CCC[C@@H]1Cc1cccc(F)c1. The molecule has 0 aliphatic carbocycles. The zero-order chi connectivity index (χ0) is 15.7. The second-order valence-corrected chi connectivity index (χ2v) is 8.49. The van der Waals surface area contributed by atoms with Gasteiger partial charge in [-0.2, -0.15) is 0 Å². The summed E-state index contributed by atoms with van der Waals surface area (Å²) in [4.78, 5) is 14.4. The smallest absolute Gasteiger partial charge is 0.226 e. The van der Waals surface area contributed by atoms with E-state index < -0.39 is 15.8 Å². The number of hydrogen-bond acceptors (Lipinski definition) is 3. The maximum atomic E-state index is 13.3. The van der Waals surface area contributed by atoms with E-state index in [9.17, 15) is 17.6 Å². The quantitative estimate of drug-likeness (QED) is 0.851. The number of likely N-dealkylation sites (tertiary alicyclic amines) is 1. The molecule has 120 valence electrons. The van der Waals surface area contributed by atoms with E-state index in [1.807, 2.05) is 11.0 Å². The van der Waals surface area contributed by atoms with Crippen molar-refractivity contribution in [3.05, 3.63) is 35.6 Å². The van der Waals surface area contributed by atoms with Crippen molar-refractivity contribution >= 4 is 15.7 Å². The van der Waals surface area contributed by atoms with E-state index in [2.05, 4.69) is 0 Å². The molecular formula is C16H20FNO3S. The van der Waals surface area contributed by atoms with Crippen LogP contribution in [0.5, 0.6) is 0 Å². The molecule has 1 aromatic rings. The van der Waals surface area contributed by atoms with Gasteiger partial charge in [0.1, 0.15) is 5.82 Å². The minimum Gasteiger partial charge on any atom is -0.339 e. The molecule has 2 saturated heterocycles. The summed E-state index contributed by atoms with van der Waals surface area (Å²) >= 11 is 0. The Bertz CT molecular complexity index is 674. The summed E-state index contributed by atoms with van der Waals surface area (Å²) < 4.78 is 36.4. The molecule has 2 heterocycles. The van der Waals surface area contributed by atoms with E-state index in [0.29, 0.717) is 19.4 Å². The first kappa shape index (κ1) is 15.5. The average molecular weight is 325 g/mol. The number of rotatable bonds is 3. The van der Waals surface area contributed by atoms with Crippen molar-refractivity contribution in [3.8, 4) is 0 Å². The predicted octanol–water partition coefficient (Wildman–Crippen LogP) is 1.79. The second kappa shape index (κ2) is 5.99. The second-order valence-electron chi connectivity index (χ2n) is 6.26. The van der Waals surface area contributed by atoms with Crippen LogP contribution in [0.1, 0.15) is 24.8 Å². The third-order valence-electron chi connectivity index (χ3n) is 4.60. The maximum Gasteiger partial charge on any atom is 0.226 e. The summed E-state index contributed by atoms with van der Waals surface area (Å²) in [6.45, 7) is 0.676. The van der Waals surface area contributed by atoms with Crippen LogP contribution in [0.2, 0.25) is 0 Å². The zero-order valence-corrected chi connectivity index (χ0v) is 13.2. The number of hydrogen-bond donors (Lipinski definition) is 0. The van der Waals surface area contributed by atoms with Crippen LogP contribution in [0.25, 0.3) is 0 Å². The lowest BCUT2D eigenvalue weighted by Gasteiger charge is -2.27. The van der Waals surface area contributed by atoms with Crippen LogP contribution in [0, 0.1) is 11.7 Å². The van der Waals surface area contributed by atoms with Gasteiger partial charge in [0.15, 0.2) is 9.84 Å². The van der Waals surface area contributed by atoms with E-state index >= 15 is 0 Å². The Hall–Kier alpha value is -1.43. The summed E-state index contributed by atoms with van der Waals surface area (Å²) in [6.07, 6.45) is 2.88. The Morgan fingerprint density at radius 2 is 2.14 bits per heavy atom. The highest BCUT2D eigenvalue weighted by Gasteiger charge is 2.38. The number of amides is 1. The van der Waals surface area contributed by atoms with Crippen LogP contribution in [-0.4, -0.2) is 43.3 Å². The first-order valence-electron chi connectivity index (χ1n) is 7.70. The summed E-state index contributed by atoms with van der Waals surface area (Å²) in [7, 11) is -3.05. The lowest BCUT2D eigenvalue weighted by atomic mass is 10.0. The summed E-state index contributed by atoms with van der Waals surface area (Å²) in [5.41, 5.74) is 0.878. The largest absolute Gasteiger partial charge is 0.339 e. The number of nitrogens with zero attached hydrogens (tertiary/aromatic N) is 1. The molecule has 0 aromatic heterocycles. The van der Waals surface area contributed by atoms with Crippen LogP contribution in [-0.2, 0) is 21.1 Å². The molecule has 2 atom stereocenters. The molecular weight excluding hydrogens is 305 g/mol. The highest BCUT2D eigenvalue weighted by Crippen LogP contribution is 2.27. The van der Waals surface area contributed by atoms with Gasteiger partial charge < -0.3 is 4.90 Å². The molecule has 3 rings (SSSR count). The van der Waals surface area contributed by atoms with Crippen molar-refractivity contribution in [2.75, 3.05) is 18.1 Å². The fraction of sp³-hybridized carbons (Fsp3) is 0.562. The van der Waals surface area contributed by atoms with Gasteiger partial charge in [0.2, 0.25) is 5.91 Å². The maximum absolute atomic E-state index is 13.3. The Balaban J connectivity index is 1.69. The number of halogens is 1. The molecule has 2 aliphatic rings. The van der Waals surface area contributed by atoms with E-state index in [4.69, 9.17) is 0 Å². The molecule has 0 N–H and O–H groups in total. The Kier molecular flexibility index (Phi) is 4.21. The van der Waals surface area contributed by atoms with E-state index in [1.54, 1.807) is 6.07 Å². The molecule has 0 radical (unpaired) electrons. The molecule has 2 fully saturated rings. The molecule has 0 spiro atoms. The summed E-state index contributed by atoms with van der Waals surface area (Å²) in [5, 5.41) is 0. The van der Waals surface area contributed by atoms with Crippen LogP contribution in [0.4, 0.5) is 4.39 Å². The first-order chi connectivity index (χ1) is 10.4. The first-order valence-corrected chi connectivity index (χ1v) is 9.52. The third kappa shape index (κ3) is 3.32. The summed E-state index contributed by atoms with van der Waals surface area (Å²) in [5.74, 6) is -0.603. The molecule has 1 amide bonds. The molecule has 1 aromatic carbocycles. The number of benzene rings is 1. The van der Waals surface area contributed by atoms with Gasteiger partial charge in [-0.1, -0.05) is 12.1 Å². The monoisotopic (exact) mass is 325 g/mol. The summed E-state index contributed by atoms with van der Waals surface area (Å²) in [6, 6.07) is 6.50. The highest BCUT2D eigenvalue weighted by atomic mass is 32.2. The molecule has 0 unspecified atom stereocenters. The van der Waals surface area contributed by atoms with E-state index in [0.717, 1.165) is 18.4 Å². The van der Waals surface area contributed by atoms with Crippen LogP contribution in [0.3, 0.4) is 0 Å². The topological polar surface area (TPSA) is 54.5 Å². The van der Waals surface area contributed by atoms with Crippen LogP contribution in [0.15, 0.2) is 24.3 Å². The van der Waals surface area contributed by atoms with Crippen LogP contribution >= 0.6 is 0 Å². The van der Waals surface area contributed by atoms with Gasteiger partial charge in [-0.05, 0) is 43.4 Å². The van der Waals surface area contributed by atoms with Crippen molar-refractivity contribution in [1.82, 2.24) is 4.90 Å². The van der Waals surface area contributed by atoms with Gasteiger partial charge in [0, 0.05) is 12.6 Å². The van der Waals surface area contributed by atoms with Gasteiger partial charge in [-0.25, -0.2) is 12.8 Å². The lowest BCUT2D eigenvalue weighted by molar-refractivity contribution is -0.135. The molecule has 22 heavy (non-hydrogen) atoms. The van der Waals surface area contributed by atoms with Gasteiger partial charge >= 0.3 is 0 Å². The van der Waals surface area contributed by atoms with Crippen molar-refractivity contribution in [1.29, 1.82) is 0 Å². The number of sulfone groups is 1. The molecule has 4 nitrogen and oxygen atoms in total. The Morgan fingerprint density at radius 1 is 1.32 bits per heavy atom. The van der Waals surface area contributed by atoms with Gasteiger partial charge in [-0.3, -0.25) is 4.79 Å². The highest BCUT2D eigenvalue weighted by molar-refractivity contribution is 7.91. The van der Waals surface area contributed by atoms with Gasteiger partial charge in [-0.15, -0.1) is 0 Å². The molecule has 2 aliphatic heterocycles. The minimum absolute atomic E-state index is 0.0188. The predicted molar refractivity (Wildman–Crippen MR) is 81.6 cm³/mol. The van der Waals surface area contributed by atoms with E-state index in [-0.39, 0.29) is 29.3 Å². The Morgan fingerprint density at radius 3 is 2.82 bits per heavy atom. The fourth-order valence-electron chi connectivity index (χ4n) is 3.50. The van der Waals surface area contributed by atoms with Crippen LogP contribution < -0.4 is 0 Å². The number of carbonyl (C=O) groups is 1. The zero-order valence-electron chi connectivity index (χ0n) is 12.4. The van der Waals surface area contributed by atoms with Crippen molar-refractivity contribution in [3.63, 3.8) is 0 Å². The van der Waals surface area contributed by atoms with Crippen molar-refractivity contribution < 1.29 is 17.6 Å². The third-order valence-corrected chi connectivity index (χ3v) is 6.37. The minimum atomic E-state index is -3.05. The number of carbonyl (C=O) groups excluding carboxylic acids is 1. The normalized spacial score (nSPS) is 27.2.